The summed E-state index contributed by atoms with van der Waals surface area (Å²) < 4.78 is 0. The van der Waals surface area contributed by atoms with E-state index in [2.05, 4.69) is 0 Å². The molecule has 0 amide bonds. The Balaban J connectivity index is 0. The third kappa shape index (κ3) is 8.89. The molecule has 2 nitrogen and oxygen atoms in total. The molecule has 0 aliphatic heterocycles. The van der Waals surface area contributed by atoms with E-state index in [1.807, 2.05) is 0 Å². The normalized spacial score (nSPS) is 6.17. The van der Waals surface area contributed by atoms with E-state index in [1.54, 1.807) is 6.92 Å². The fourth-order valence-corrected chi connectivity index (χ4v) is 0. The first-order valence-corrected chi connectivity index (χ1v) is 1.49. The van der Waals surface area contributed by atoms with Gasteiger partial charge in [0.2, 0.25) is 0 Å². The van der Waals surface area contributed by atoms with E-state index in [-0.39, 0.29) is 53.3 Å². The van der Waals surface area contributed by atoms with E-state index >= 15 is 0 Å². The van der Waals surface area contributed by atoms with Crippen molar-refractivity contribution in [2.45, 2.75) is 13.3 Å². The fourth-order valence-electron chi connectivity index (χ4n) is 0. The summed E-state index contributed by atoms with van der Waals surface area (Å²) in [4.78, 5) is 9.37. The van der Waals surface area contributed by atoms with Gasteiger partial charge in [-0.2, -0.15) is 0 Å². The Morgan fingerprint density at radius 2 is 2.00 bits per heavy atom. The molecular weight excluding hydrogens is 241 g/mol. The van der Waals surface area contributed by atoms with Gasteiger partial charge in [0, 0.05) is 53.3 Å². The standard InChI is InChI=1S/C3H6O2.Yb/c1-2-3(4)5;/h2H2,1H3,(H,4,5);. The van der Waals surface area contributed by atoms with Crippen LogP contribution < -0.4 is 0 Å². The van der Waals surface area contributed by atoms with Crippen LogP contribution in [0.5, 0.6) is 0 Å². The van der Waals surface area contributed by atoms with Crippen molar-refractivity contribution in [3.63, 3.8) is 0 Å². The monoisotopic (exact) mass is 248 g/mol. The molecule has 0 unspecified atom stereocenters. The average Bonchev–Trinajstić information content (AvgIpc) is 1.38. The molecule has 1 N–H and O–H groups in total. The van der Waals surface area contributed by atoms with Crippen LogP contribution in [0.4, 0.5) is 0 Å². The summed E-state index contributed by atoms with van der Waals surface area (Å²) in [6, 6.07) is 0. The van der Waals surface area contributed by atoms with E-state index in [9.17, 15) is 4.79 Å². The third-order valence-electron chi connectivity index (χ3n) is 0.302. The fraction of sp³-hybridized carbons (Fsp3) is 0.667. The molecule has 0 radical (unpaired) electrons. The summed E-state index contributed by atoms with van der Waals surface area (Å²) in [5.41, 5.74) is 0. The maximum absolute atomic E-state index is 9.37. The van der Waals surface area contributed by atoms with Crippen molar-refractivity contribution in [3.8, 4) is 0 Å². The number of rotatable bonds is 1. The van der Waals surface area contributed by atoms with Crippen LogP contribution in [0.1, 0.15) is 13.3 Å². The van der Waals surface area contributed by atoms with Crippen LogP contribution >= 0.6 is 0 Å². The van der Waals surface area contributed by atoms with Gasteiger partial charge in [-0.25, -0.2) is 0 Å². The van der Waals surface area contributed by atoms with Crippen LogP contribution in [0.2, 0.25) is 0 Å². The number of carboxylic acid groups (broad SMARTS) is 1. The van der Waals surface area contributed by atoms with E-state index in [0.717, 1.165) is 0 Å². The van der Waals surface area contributed by atoms with Gasteiger partial charge in [-0.15, -0.1) is 0 Å². The Hall–Kier alpha value is 0.989. The topological polar surface area (TPSA) is 37.3 Å². The predicted molar refractivity (Wildman–Crippen MR) is 17.9 cm³/mol. The molecule has 0 saturated carbocycles. The minimum atomic E-state index is -0.745. The molecule has 44 valence electrons. The summed E-state index contributed by atoms with van der Waals surface area (Å²) in [6.07, 6.45) is 0.222. The molecular formula is C3H6O2Yb. The molecule has 0 rings (SSSR count). The average molecular weight is 247 g/mol. The van der Waals surface area contributed by atoms with Gasteiger partial charge in [0.25, 0.3) is 0 Å². The third-order valence-corrected chi connectivity index (χ3v) is 0.302. The van der Waals surface area contributed by atoms with E-state index in [0.29, 0.717) is 0 Å². The predicted octanol–water partition coefficient (Wildman–Crippen LogP) is 0.481. The zero-order chi connectivity index (χ0) is 4.28. The van der Waals surface area contributed by atoms with Crippen LogP contribution in [0.15, 0.2) is 0 Å². The molecule has 0 bridgehead atoms. The van der Waals surface area contributed by atoms with Gasteiger partial charge >= 0.3 is 5.97 Å². The van der Waals surface area contributed by atoms with E-state index < -0.39 is 5.97 Å². The molecule has 0 saturated heterocycles. The molecule has 6 heavy (non-hydrogen) atoms. The van der Waals surface area contributed by atoms with E-state index in [4.69, 9.17) is 5.11 Å². The largest absolute Gasteiger partial charge is 0.481 e. The van der Waals surface area contributed by atoms with Crippen molar-refractivity contribution in [1.82, 2.24) is 0 Å². The zero-order valence-corrected chi connectivity index (χ0v) is 5.04. The molecule has 0 aliphatic carbocycles. The molecule has 0 aromatic heterocycles. The maximum Gasteiger partial charge on any atom is 0.303 e. The Morgan fingerprint density at radius 1 is 1.83 bits per heavy atom. The van der Waals surface area contributed by atoms with Crippen molar-refractivity contribution in [2.24, 2.45) is 0 Å². The molecule has 0 atom stereocenters. The van der Waals surface area contributed by atoms with Crippen LogP contribution in [0.25, 0.3) is 0 Å². The molecule has 3 heteroatoms. The van der Waals surface area contributed by atoms with Gasteiger partial charge in [0.1, 0.15) is 0 Å². The first-order valence-electron chi connectivity index (χ1n) is 1.49. The quantitative estimate of drug-likeness (QED) is 0.731. The number of carboxylic acids is 1. The molecule has 0 aliphatic rings. The van der Waals surface area contributed by atoms with Crippen molar-refractivity contribution in [1.29, 1.82) is 0 Å². The second kappa shape index (κ2) is 5.99. The van der Waals surface area contributed by atoms with Crippen LogP contribution in [-0.2, 0) is 4.79 Å². The minimum Gasteiger partial charge on any atom is -0.481 e. The number of carbonyl (C=O) groups is 1. The molecule has 0 fully saturated rings. The summed E-state index contributed by atoms with van der Waals surface area (Å²) >= 11 is 0. The summed E-state index contributed by atoms with van der Waals surface area (Å²) in [7, 11) is 0. The van der Waals surface area contributed by atoms with Crippen molar-refractivity contribution in [2.75, 3.05) is 0 Å². The van der Waals surface area contributed by atoms with Gasteiger partial charge in [-0.1, -0.05) is 6.92 Å². The van der Waals surface area contributed by atoms with Crippen LogP contribution in [-0.4, -0.2) is 11.1 Å². The smallest absolute Gasteiger partial charge is 0.303 e. The van der Waals surface area contributed by atoms with Crippen molar-refractivity contribution < 1.29 is 56.8 Å². The van der Waals surface area contributed by atoms with Crippen molar-refractivity contribution in [3.05, 3.63) is 0 Å². The summed E-state index contributed by atoms with van der Waals surface area (Å²) in [6.45, 7) is 1.60. The Bertz CT molecular complexity index is 44.1. The number of aliphatic carboxylic acids is 1. The molecule has 0 spiro atoms. The SMILES string of the molecule is CCC(=O)O.[Yb]. The summed E-state index contributed by atoms with van der Waals surface area (Å²) in [5.74, 6) is -0.745. The number of hydrogen-bond acceptors (Lipinski definition) is 1. The second-order valence-electron chi connectivity index (χ2n) is 0.747. The van der Waals surface area contributed by atoms with E-state index in [1.165, 1.54) is 0 Å². The van der Waals surface area contributed by atoms with Crippen LogP contribution in [0, 0.1) is 46.9 Å². The second-order valence-corrected chi connectivity index (χ2v) is 0.747. The number of hydrogen-bond donors (Lipinski definition) is 1. The first kappa shape index (κ1) is 10.1. The molecule has 0 heterocycles. The summed E-state index contributed by atoms with van der Waals surface area (Å²) in [5, 5.41) is 7.72. The van der Waals surface area contributed by atoms with Gasteiger partial charge in [0.05, 0.1) is 0 Å². The minimum absolute atomic E-state index is 0. The first-order chi connectivity index (χ1) is 2.27. The molecule has 0 aromatic carbocycles. The molecule has 0 aromatic rings. The van der Waals surface area contributed by atoms with Crippen molar-refractivity contribution >= 4 is 5.97 Å². The zero-order valence-electron chi connectivity index (χ0n) is 3.33. The van der Waals surface area contributed by atoms with Gasteiger partial charge < -0.3 is 5.11 Å². The maximum atomic E-state index is 9.37. The van der Waals surface area contributed by atoms with Gasteiger partial charge in [-0.05, 0) is 0 Å². The van der Waals surface area contributed by atoms with Gasteiger partial charge in [0.15, 0.2) is 0 Å². The Labute approximate surface area is 75.2 Å². The Kier molecular flexibility index (Phi) is 10.1. The van der Waals surface area contributed by atoms with Gasteiger partial charge in [-0.3, -0.25) is 4.79 Å². The van der Waals surface area contributed by atoms with Crippen LogP contribution in [0.3, 0.4) is 0 Å². The Morgan fingerprint density at radius 3 is 2.00 bits per heavy atom.